The summed E-state index contributed by atoms with van der Waals surface area (Å²) in [6, 6.07) is 16.2. The van der Waals surface area contributed by atoms with Gasteiger partial charge in [0, 0.05) is 29.8 Å². The fourth-order valence-electron chi connectivity index (χ4n) is 4.14. The van der Waals surface area contributed by atoms with Crippen molar-refractivity contribution in [3.63, 3.8) is 0 Å². The maximum absolute atomic E-state index is 13.7. The zero-order valence-corrected chi connectivity index (χ0v) is 18.8. The van der Waals surface area contributed by atoms with Gasteiger partial charge in [0.15, 0.2) is 0 Å². The van der Waals surface area contributed by atoms with E-state index in [2.05, 4.69) is 6.58 Å². The van der Waals surface area contributed by atoms with Crippen LogP contribution in [0.2, 0.25) is 0 Å². The largest absolute Gasteiger partial charge is 0.508 e. The number of benzene rings is 2. The van der Waals surface area contributed by atoms with Crippen LogP contribution in [0.1, 0.15) is 41.6 Å². The number of para-hydroxylation sites is 1. The number of pyridine rings is 1. The summed E-state index contributed by atoms with van der Waals surface area (Å²) in [6.45, 7) is 8.42. The van der Waals surface area contributed by atoms with E-state index in [0.29, 0.717) is 36.6 Å². The number of aromatic hydroxyl groups is 1. The first-order chi connectivity index (χ1) is 15.8. The lowest BCUT2D eigenvalue weighted by molar-refractivity contribution is -0.135. The number of nitrogens with zero attached hydrogens (tertiary/aromatic N) is 1. The molecule has 6 nitrogen and oxygen atoms in total. The Morgan fingerprint density at radius 1 is 1.18 bits per heavy atom. The zero-order valence-electron chi connectivity index (χ0n) is 18.8. The van der Waals surface area contributed by atoms with Crippen LogP contribution < -0.4 is 15.0 Å². The van der Waals surface area contributed by atoms with Gasteiger partial charge < -0.3 is 19.1 Å². The third-order valence-corrected chi connectivity index (χ3v) is 5.78. The Morgan fingerprint density at radius 2 is 1.91 bits per heavy atom. The summed E-state index contributed by atoms with van der Waals surface area (Å²) >= 11 is 0. The van der Waals surface area contributed by atoms with Crippen molar-refractivity contribution in [1.82, 2.24) is 4.57 Å². The molecule has 1 N–H and O–H groups in total. The fraction of sp³-hybridized carbons (Fsp3) is 0.259. The number of rotatable bonds is 7. The maximum Gasteiger partial charge on any atom is 0.312 e. The first-order valence-corrected chi connectivity index (χ1v) is 10.9. The zero-order chi connectivity index (χ0) is 23.5. The van der Waals surface area contributed by atoms with Crippen molar-refractivity contribution >= 4 is 5.97 Å². The molecule has 0 bridgehead atoms. The van der Waals surface area contributed by atoms with Crippen molar-refractivity contribution in [3.05, 3.63) is 99.5 Å². The van der Waals surface area contributed by atoms with Crippen LogP contribution in [0.25, 0.3) is 0 Å². The van der Waals surface area contributed by atoms with Crippen LogP contribution in [0, 0.1) is 6.92 Å². The van der Waals surface area contributed by atoms with Gasteiger partial charge in [0.1, 0.15) is 23.9 Å². The molecule has 2 aromatic carbocycles. The summed E-state index contributed by atoms with van der Waals surface area (Å²) in [5.41, 5.74) is 3.69. The lowest BCUT2D eigenvalue weighted by Crippen LogP contribution is -2.33. The van der Waals surface area contributed by atoms with Gasteiger partial charge >= 0.3 is 5.97 Å². The van der Waals surface area contributed by atoms with E-state index in [1.165, 1.54) is 0 Å². The summed E-state index contributed by atoms with van der Waals surface area (Å²) in [7, 11) is 0. The van der Waals surface area contributed by atoms with Crippen LogP contribution in [0.4, 0.5) is 0 Å². The highest BCUT2D eigenvalue weighted by molar-refractivity contribution is 5.78. The summed E-state index contributed by atoms with van der Waals surface area (Å²) in [5, 5.41) is 9.50. The molecule has 3 aromatic rings. The molecule has 0 fully saturated rings. The van der Waals surface area contributed by atoms with E-state index in [-0.39, 0.29) is 23.7 Å². The molecule has 33 heavy (non-hydrogen) atoms. The Hall–Kier alpha value is -3.80. The summed E-state index contributed by atoms with van der Waals surface area (Å²) < 4.78 is 13.1. The van der Waals surface area contributed by atoms with Gasteiger partial charge in [-0.3, -0.25) is 9.59 Å². The lowest BCUT2D eigenvalue weighted by atomic mass is 9.86. The Balaban J connectivity index is 1.73. The Morgan fingerprint density at radius 3 is 2.64 bits per heavy atom. The van der Waals surface area contributed by atoms with E-state index < -0.39 is 5.92 Å². The molecule has 0 saturated carbocycles. The minimum Gasteiger partial charge on any atom is -0.508 e. The predicted octanol–water partition coefficient (Wildman–Crippen LogP) is 4.50. The molecule has 0 aliphatic carbocycles. The van der Waals surface area contributed by atoms with Crippen molar-refractivity contribution in [2.24, 2.45) is 0 Å². The second-order valence-corrected chi connectivity index (χ2v) is 8.45. The van der Waals surface area contributed by atoms with Gasteiger partial charge in [-0.15, -0.1) is 0 Å². The first-order valence-electron chi connectivity index (χ1n) is 10.9. The summed E-state index contributed by atoms with van der Waals surface area (Å²) in [6.07, 6.45) is 0.694. The normalized spacial score (nSPS) is 15.0. The number of carbonyl (C=O) groups excluding carboxylic acids is 1. The summed E-state index contributed by atoms with van der Waals surface area (Å²) in [5.74, 6) is 0.313. The second-order valence-electron chi connectivity index (χ2n) is 8.45. The smallest absolute Gasteiger partial charge is 0.312 e. The van der Waals surface area contributed by atoms with E-state index >= 15 is 0 Å². The number of aryl methyl sites for hydroxylation is 2. The quantitative estimate of drug-likeness (QED) is 0.428. The number of hydrogen-bond donors (Lipinski definition) is 1. The molecule has 2 heterocycles. The standard InChI is InChI=1S/C27H27NO5/c1-17(2)16-32-23-7-5-4-6-21(23)22-15-25(30)33-24-14-18(3)28(27(31)26(22)24)13-12-19-8-10-20(29)11-9-19/h4-11,14,22,29H,1,12-13,15-16H2,2-3H3. The predicted molar refractivity (Wildman–Crippen MR) is 126 cm³/mol. The molecular formula is C27H27NO5. The van der Waals surface area contributed by atoms with Gasteiger partial charge in [-0.05, 0) is 49.6 Å². The molecule has 1 unspecified atom stereocenters. The molecule has 170 valence electrons. The van der Waals surface area contributed by atoms with Crippen molar-refractivity contribution < 1.29 is 19.4 Å². The number of ether oxygens (including phenoxy) is 2. The topological polar surface area (TPSA) is 77.8 Å². The Labute approximate surface area is 192 Å². The number of fused-ring (bicyclic) bond motifs is 1. The minimum atomic E-state index is -0.462. The molecule has 0 saturated heterocycles. The van der Waals surface area contributed by atoms with E-state index in [4.69, 9.17) is 9.47 Å². The van der Waals surface area contributed by atoms with Gasteiger partial charge in [-0.2, -0.15) is 0 Å². The van der Waals surface area contributed by atoms with Gasteiger partial charge in [-0.1, -0.05) is 36.9 Å². The molecule has 0 spiro atoms. The highest BCUT2D eigenvalue weighted by Crippen LogP contribution is 2.40. The first kappa shape index (κ1) is 22.4. The molecule has 0 radical (unpaired) electrons. The summed E-state index contributed by atoms with van der Waals surface area (Å²) in [4.78, 5) is 26.1. The number of phenolic OH excluding ortho intramolecular Hbond substituents is 1. The van der Waals surface area contributed by atoms with E-state index in [9.17, 15) is 14.7 Å². The fourth-order valence-corrected chi connectivity index (χ4v) is 4.14. The average molecular weight is 446 g/mol. The molecule has 1 aliphatic rings. The third kappa shape index (κ3) is 4.85. The lowest BCUT2D eigenvalue weighted by Gasteiger charge is -2.27. The van der Waals surface area contributed by atoms with Crippen molar-refractivity contribution in [3.8, 4) is 17.2 Å². The van der Waals surface area contributed by atoms with Crippen LogP contribution in [0.5, 0.6) is 17.2 Å². The van der Waals surface area contributed by atoms with E-state index in [1.54, 1.807) is 22.8 Å². The Kier molecular flexibility index (Phi) is 6.36. The van der Waals surface area contributed by atoms with Gasteiger partial charge in [0.25, 0.3) is 5.56 Å². The van der Waals surface area contributed by atoms with Gasteiger partial charge in [-0.25, -0.2) is 0 Å². The Bertz CT molecular complexity index is 1260. The van der Waals surface area contributed by atoms with Crippen LogP contribution in [0.15, 0.2) is 71.5 Å². The monoisotopic (exact) mass is 445 g/mol. The third-order valence-electron chi connectivity index (χ3n) is 5.78. The number of hydrogen-bond acceptors (Lipinski definition) is 5. The minimum absolute atomic E-state index is 0.0662. The van der Waals surface area contributed by atoms with Crippen LogP contribution in [-0.4, -0.2) is 22.2 Å². The van der Waals surface area contributed by atoms with E-state index in [1.807, 2.05) is 50.2 Å². The number of aromatic nitrogens is 1. The van der Waals surface area contributed by atoms with Crippen molar-refractivity contribution in [1.29, 1.82) is 0 Å². The molecule has 1 aromatic heterocycles. The van der Waals surface area contributed by atoms with Crippen LogP contribution in [-0.2, 0) is 17.8 Å². The van der Waals surface area contributed by atoms with Gasteiger partial charge in [0.2, 0.25) is 0 Å². The van der Waals surface area contributed by atoms with Gasteiger partial charge in [0.05, 0.1) is 12.0 Å². The number of carbonyl (C=O) groups is 1. The molecule has 1 atom stereocenters. The highest BCUT2D eigenvalue weighted by atomic mass is 16.5. The molecule has 0 amide bonds. The van der Waals surface area contributed by atoms with Crippen LogP contribution in [0.3, 0.4) is 0 Å². The second kappa shape index (κ2) is 9.36. The van der Waals surface area contributed by atoms with E-state index in [0.717, 1.165) is 22.4 Å². The molecular weight excluding hydrogens is 418 g/mol. The SMILES string of the molecule is C=C(C)COc1ccccc1C1CC(=O)Oc2cc(C)n(CCc3ccc(O)cc3)c(=O)c21. The van der Waals surface area contributed by atoms with Crippen molar-refractivity contribution in [2.75, 3.05) is 6.61 Å². The molecule has 6 heteroatoms. The van der Waals surface area contributed by atoms with Crippen molar-refractivity contribution in [2.45, 2.75) is 39.2 Å². The maximum atomic E-state index is 13.7. The molecule has 1 aliphatic heterocycles. The molecule has 4 rings (SSSR count). The average Bonchev–Trinajstić information content (AvgIpc) is 2.78. The number of esters is 1. The highest BCUT2D eigenvalue weighted by Gasteiger charge is 2.34. The van der Waals surface area contributed by atoms with Crippen LogP contribution >= 0.6 is 0 Å². The number of phenols is 1.